The van der Waals surface area contributed by atoms with Crippen LogP contribution < -0.4 is 5.32 Å². The number of nitrogens with one attached hydrogen (secondary N) is 1. The smallest absolute Gasteiger partial charge is 0.157 e. The van der Waals surface area contributed by atoms with Crippen molar-refractivity contribution in [2.75, 3.05) is 11.9 Å². The van der Waals surface area contributed by atoms with Gasteiger partial charge in [0.1, 0.15) is 11.9 Å². The molecule has 0 fully saturated rings. The van der Waals surface area contributed by atoms with Crippen LogP contribution in [-0.4, -0.2) is 15.9 Å². The highest BCUT2D eigenvalue weighted by atomic mass is 15.1. The first-order chi connectivity index (χ1) is 13.7. The maximum atomic E-state index is 9.91. The lowest BCUT2D eigenvalue weighted by Crippen LogP contribution is -2.12. The number of nitriles is 1. The molecule has 0 aliphatic carbocycles. The van der Waals surface area contributed by atoms with E-state index in [2.05, 4.69) is 53.0 Å². The van der Waals surface area contributed by atoms with E-state index in [9.17, 15) is 5.26 Å². The Balaban J connectivity index is 2.02. The number of unbranched alkanes of at least 4 members (excludes halogenated alkanes) is 1. The molecular weight excluding hydrogens is 344 g/mol. The summed E-state index contributed by atoms with van der Waals surface area (Å²) >= 11 is 0. The Hall–Kier alpha value is -3.32. The van der Waals surface area contributed by atoms with Gasteiger partial charge in [-0.2, -0.15) is 5.26 Å². The predicted molar refractivity (Wildman–Crippen MR) is 115 cm³/mol. The number of para-hydroxylation sites is 2. The van der Waals surface area contributed by atoms with Crippen LogP contribution in [0.1, 0.15) is 42.0 Å². The summed E-state index contributed by atoms with van der Waals surface area (Å²) in [6.45, 7) is 5.13. The van der Waals surface area contributed by atoms with E-state index in [1.165, 1.54) is 5.56 Å². The number of anilines is 1. The lowest BCUT2D eigenvalue weighted by Gasteiger charge is -2.19. The zero-order chi connectivity index (χ0) is 19.5. The highest BCUT2D eigenvalue weighted by Crippen LogP contribution is 2.32. The molecule has 28 heavy (non-hydrogen) atoms. The molecule has 4 rings (SSSR count). The topological polar surface area (TPSA) is 53.1 Å². The summed E-state index contributed by atoms with van der Waals surface area (Å²) in [7, 11) is 0. The molecule has 0 radical (unpaired) electrons. The Kier molecular flexibility index (Phi) is 4.99. The molecule has 4 nitrogen and oxygen atoms in total. The molecule has 2 aromatic carbocycles. The average Bonchev–Trinajstić information content (AvgIpc) is 3.10. The van der Waals surface area contributed by atoms with Crippen molar-refractivity contribution in [3.05, 3.63) is 76.9 Å². The molecule has 0 atom stereocenters. The molecule has 0 bridgehead atoms. The first-order valence-corrected chi connectivity index (χ1v) is 9.85. The summed E-state index contributed by atoms with van der Waals surface area (Å²) in [6, 6.07) is 20.9. The summed E-state index contributed by atoms with van der Waals surface area (Å²) in [5.74, 6) is 1.05. The van der Waals surface area contributed by atoms with E-state index in [1.54, 1.807) is 0 Å². The van der Waals surface area contributed by atoms with Crippen molar-refractivity contribution >= 4 is 22.5 Å². The third-order valence-electron chi connectivity index (χ3n) is 5.28. The second-order valence-corrected chi connectivity index (χ2v) is 7.14. The summed E-state index contributed by atoms with van der Waals surface area (Å²) in [4.78, 5) is 4.78. The summed E-state index contributed by atoms with van der Waals surface area (Å²) in [5, 5.41) is 13.6. The van der Waals surface area contributed by atoms with Gasteiger partial charge in [-0.15, -0.1) is 0 Å². The predicted octanol–water partition coefficient (Wildman–Crippen LogP) is 5.47. The average molecular weight is 368 g/mol. The number of nitrogens with zero attached hydrogens (tertiary/aromatic N) is 3. The number of benzene rings is 2. The van der Waals surface area contributed by atoms with Gasteiger partial charge in [0.05, 0.1) is 16.6 Å². The van der Waals surface area contributed by atoms with Crippen LogP contribution in [0.4, 0.5) is 5.82 Å². The van der Waals surface area contributed by atoms with Crippen molar-refractivity contribution in [1.29, 1.82) is 5.26 Å². The Morgan fingerprint density at radius 2 is 1.82 bits per heavy atom. The quantitative estimate of drug-likeness (QED) is 0.459. The molecule has 0 aliphatic heterocycles. The number of pyridine rings is 1. The maximum Gasteiger partial charge on any atom is 0.157 e. The van der Waals surface area contributed by atoms with Crippen LogP contribution in [0.5, 0.6) is 0 Å². The van der Waals surface area contributed by atoms with Crippen LogP contribution >= 0.6 is 0 Å². The van der Waals surface area contributed by atoms with E-state index in [0.29, 0.717) is 5.56 Å². The normalized spacial score (nSPS) is 11.0. The van der Waals surface area contributed by atoms with Crippen LogP contribution in [-0.2, 0) is 6.42 Å². The minimum absolute atomic E-state index is 0.656. The molecule has 4 heteroatoms. The molecule has 140 valence electrons. The number of aromatic nitrogens is 2. The fourth-order valence-electron chi connectivity index (χ4n) is 3.77. The van der Waals surface area contributed by atoms with Gasteiger partial charge in [-0.25, -0.2) is 4.98 Å². The van der Waals surface area contributed by atoms with Gasteiger partial charge in [0, 0.05) is 18.5 Å². The van der Waals surface area contributed by atoms with Crippen molar-refractivity contribution in [2.45, 2.75) is 33.1 Å². The first-order valence-electron chi connectivity index (χ1n) is 9.85. The number of hydrogen-bond acceptors (Lipinski definition) is 3. The molecule has 4 aromatic rings. The van der Waals surface area contributed by atoms with E-state index >= 15 is 0 Å². The molecule has 0 saturated carbocycles. The second-order valence-electron chi connectivity index (χ2n) is 7.14. The standard InChI is InChI=1S/C24H24N4/c1-3-4-14-26-23-19(15-18-10-6-5-7-11-18)17(2)20(16-25)24-27-21-12-8-9-13-22(21)28(23)24/h5-13,26H,3-4,14-15H2,1-2H3. The minimum atomic E-state index is 0.656. The van der Waals surface area contributed by atoms with E-state index in [0.717, 1.165) is 59.4 Å². The van der Waals surface area contributed by atoms with Crippen molar-refractivity contribution < 1.29 is 0 Å². The third-order valence-corrected chi connectivity index (χ3v) is 5.28. The largest absolute Gasteiger partial charge is 0.371 e. The van der Waals surface area contributed by atoms with Gasteiger partial charge < -0.3 is 5.32 Å². The SMILES string of the molecule is CCCCNc1c(Cc2ccccc2)c(C)c(C#N)c2nc3ccccc3n12. The summed E-state index contributed by atoms with van der Waals surface area (Å²) < 4.78 is 2.13. The Labute approximate surface area is 165 Å². The van der Waals surface area contributed by atoms with Gasteiger partial charge in [0.25, 0.3) is 0 Å². The van der Waals surface area contributed by atoms with Gasteiger partial charge in [-0.3, -0.25) is 4.40 Å². The van der Waals surface area contributed by atoms with Crippen LogP contribution in [0.25, 0.3) is 16.7 Å². The molecule has 1 N–H and O–H groups in total. The molecule has 0 unspecified atom stereocenters. The molecule has 0 amide bonds. The van der Waals surface area contributed by atoms with Crippen LogP contribution in [0.15, 0.2) is 54.6 Å². The van der Waals surface area contributed by atoms with Crippen molar-refractivity contribution in [1.82, 2.24) is 9.38 Å². The van der Waals surface area contributed by atoms with Crippen molar-refractivity contribution in [2.24, 2.45) is 0 Å². The van der Waals surface area contributed by atoms with E-state index < -0.39 is 0 Å². The maximum absolute atomic E-state index is 9.91. The highest BCUT2D eigenvalue weighted by Gasteiger charge is 2.20. The minimum Gasteiger partial charge on any atom is -0.371 e. The van der Waals surface area contributed by atoms with E-state index in [4.69, 9.17) is 4.98 Å². The molecule has 0 aliphatic rings. The first kappa shape index (κ1) is 18.1. The van der Waals surface area contributed by atoms with Gasteiger partial charge in [0.2, 0.25) is 0 Å². The highest BCUT2D eigenvalue weighted by molar-refractivity contribution is 5.86. The van der Waals surface area contributed by atoms with Crippen molar-refractivity contribution in [3.8, 4) is 6.07 Å². The lowest BCUT2D eigenvalue weighted by molar-refractivity contribution is 0.827. The number of rotatable bonds is 6. The van der Waals surface area contributed by atoms with Gasteiger partial charge >= 0.3 is 0 Å². The Morgan fingerprint density at radius 1 is 1.07 bits per heavy atom. The van der Waals surface area contributed by atoms with E-state index in [1.807, 2.05) is 31.2 Å². The van der Waals surface area contributed by atoms with Crippen LogP contribution in [0.2, 0.25) is 0 Å². The molecule has 2 aromatic heterocycles. The zero-order valence-corrected chi connectivity index (χ0v) is 16.4. The summed E-state index contributed by atoms with van der Waals surface area (Å²) in [6.07, 6.45) is 3.00. The second kappa shape index (κ2) is 7.74. The van der Waals surface area contributed by atoms with Gasteiger partial charge in [0.15, 0.2) is 5.65 Å². The molecular formula is C24H24N4. The van der Waals surface area contributed by atoms with E-state index in [-0.39, 0.29) is 0 Å². The monoisotopic (exact) mass is 368 g/mol. The summed E-state index contributed by atoms with van der Waals surface area (Å²) in [5.41, 5.74) is 6.73. The Morgan fingerprint density at radius 3 is 2.57 bits per heavy atom. The van der Waals surface area contributed by atoms with Crippen LogP contribution in [0, 0.1) is 18.3 Å². The fraction of sp³-hybridized carbons (Fsp3) is 0.250. The third kappa shape index (κ3) is 3.10. The zero-order valence-electron chi connectivity index (χ0n) is 16.4. The van der Waals surface area contributed by atoms with Gasteiger partial charge in [-0.05, 0) is 36.6 Å². The fourth-order valence-corrected chi connectivity index (χ4v) is 3.77. The Bertz CT molecular complexity index is 1170. The molecule has 0 saturated heterocycles. The van der Waals surface area contributed by atoms with Gasteiger partial charge in [-0.1, -0.05) is 55.8 Å². The lowest BCUT2D eigenvalue weighted by atomic mass is 9.97. The molecule has 0 spiro atoms. The van der Waals surface area contributed by atoms with Crippen molar-refractivity contribution in [3.63, 3.8) is 0 Å². The molecule has 2 heterocycles. The van der Waals surface area contributed by atoms with Crippen LogP contribution in [0.3, 0.4) is 0 Å². The number of fused-ring (bicyclic) bond motifs is 3. The number of hydrogen-bond donors (Lipinski definition) is 1. The number of imidazole rings is 1.